The van der Waals surface area contributed by atoms with Gasteiger partial charge in [0.05, 0.1) is 5.56 Å². The predicted molar refractivity (Wildman–Crippen MR) is 67.0 cm³/mol. The Bertz CT molecular complexity index is 623. The Morgan fingerprint density at radius 2 is 1.84 bits per heavy atom. The Labute approximate surface area is 108 Å². The van der Waals surface area contributed by atoms with E-state index >= 15 is 0 Å². The van der Waals surface area contributed by atoms with Crippen molar-refractivity contribution >= 4 is 12.4 Å². The zero-order valence-corrected chi connectivity index (χ0v) is 9.80. The molecule has 4 nitrogen and oxygen atoms in total. The van der Waals surface area contributed by atoms with Crippen LogP contribution in [0.15, 0.2) is 42.5 Å². The van der Waals surface area contributed by atoms with Crippen molar-refractivity contribution in [2.75, 3.05) is 0 Å². The Kier molecular flexibility index (Phi) is 3.56. The predicted octanol–water partition coefficient (Wildman–Crippen LogP) is 2.13. The van der Waals surface area contributed by atoms with Crippen molar-refractivity contribution in [3.05, 3.63) is 53.8 Å². The van der Waals surface area contributed by atoms with E-state index in [1.807, 2.05) is 0 Å². The summed E-state index contributed by atoms with van der Waals surface area (Å²) in [4.78, 5) is 21.9. The summed E-state index contributed by atoms with van der Waals surface area (Å²) in [5, 5.41) is 0. The maximum absolute atomic E-state index is 12.9. The number of carbonyl (C=O) groups excluding carboxylic acids is 2. The van der Waals surface area contributed by atoms with Gasteiger partial charge < -0.3 is 10.5 Å². The first-order valence-corrected chi connectivity index (χ1v) is 5.42. The number of benzene rings is 2. The standard InChI is InChI=1S/C14H10FNO3/c15-10-6-4-9(5-7-10)11-2-1-3-12(14(16)18)13(11)19-8-17/h1-8H,(H2,16,18). The molecule has 0 bridgehead atoms. The molecule has 2 rings (SSSR count). The summed E-state index contributed by atoms with van der Waals surface area (Å²) in [5.74, 6) is -1.02. The maximum Gasteiger partial charge on any atom is 0.298 e. The zero-order chi connectivity index (χ0) is 13.8. The van der Waals surface area contributed by atoms with Gasteiger partial charge in [0.25, 0.3) is 12.4 Å². The molecule has 96 valence electrons. The van der Waals surface area contributed by atoms with Gasteiger partial charge in [-0.3, -0.25) is 9.59 Å². The number of hydrogen-bond acceptors (Lipinski definition) is 3. The van der Waals surface area contributed by atoms with E-state index in [0.29, 0.717) is 11.1 Å². The van der Waals surface area contributed by atoms with Crippen LogP contribution < -0.4 is 10.5 Å². The molecule has 19 heavy (non-hydrogen) atoms. The van der Waals surface area contributed by atoms with Crippen LogP contribution in [0.5, 0.6) is 5.75 Å². The van der Waals surface area contributed by atoms with E-state index in [0.717, 1.165) is 0 Å². The van der Waals surface area contributed by atoms with Gasteiger partial charge in [-0.05, 0) is 23.8 Å². The molecular weight excluding hydrogens is 249 g/mol. The largest absolute Gasteiger partial charge is 0.427 e. The number of halogens is 1. The van der Waals surface area contributed by atoms with Crippen LogP contribution in [0.3, 0.4) is 0 Å². The average molecular weight is 259 g/mol. The molecule has 0 aliphatic rings. The van der Waals surface area contributed by atoms with Crippen molar-refractivity contribution in [3.8, 4) is 16.9 Å². The molecule has 2 aromatic carbocycles. The first-order chi connectivity index (χ1) is 9.13. The van der Waals surface area contributed by atoms with Crippen LogP contribution in [-0.2, 0) is 4.79 Å². The SMILES string of the molecule is NC(=O)c1cccc(-c2ccc(F)cc2)c1OC=O. The molecule has 0 spiro atoms. The number of amides is 1. The molecule has 0 aromatic heterocycles. The monoisotopic (exact) mass is 259 g/mol. The van der Waals surface area contributed by atoms with Gasteiger partial charge in [0.2, 0.25) is 0 Å². The Morgan fingerprint density at radius 3 is 2.42 bits per heavy atom. The van der Waals surface area contributed by atoms with Crippen molar-refractivity contribution in [3.63, 3.8) is 0 Å². The smallest absolute Gasteiger partial charge is 0.298 e. The molecule has 0 aliphatic carbocycles. The number of primary amides is 1. The highest BCUT2D eigenvalue weighted by Gasteiger charge is 2.15. The lowest BCUT2D eigenvalue weighted by molar-refractivity contribution is -0.120. The van der Waals surface area contributed by atoms with Crippen molar-refractivity contribution in [1.82, 2.24) is 0 Å². The molecule has 1 amide bonds. The third kappa shape index (κ3) is 2.60. The summed E-state index contributed by atoms with van der Waals surface area (Å²) < 4.78 is 17.7. The fraction of sp³-hybridized carbons (Fsp3) is 0. The molecule has 2 N–H and O–H groups in total. The minimum absolute atomic E-state index is 0.0663. The van der Waals surface area contributed by atoms with Crippen LogP contribution in [-0.4, -0.2) is 12.4 Å². The van der Waals surface area contributed by atoms with Gasteiger partial charge in [0.15, 0.2) is 5.75 Å². The molecule has 0 saturated carbocycles. The van der Waals surface area contributed by atoms with Crippen molar-refractivity contribution < 1.29 is 18.7 Å². The lowest BCUT2D eigenvalue weighted by Gasteiger charge is -2.10. The molecule has 0 aliphatic heterocycles. The van der Waals surface area contributed by atoms with E-state index in [1.165, 1.54) is 30.3 Å². The molecule has 0 radical (unpaired) electrons. The van der Waals surface area contributed by atoms with E-state index in [1.54, 1.807) is 12.1 Å². The van der Waals surface area contributed by atoms with E-state index < -0.39 is 5.91 Å². The first kappa shape index (κ1) is 12.8. The first-order valence-electron chi connectivity index (χ1n) is 5.42. The maximum atomic E-state index is 12.9. The molecule has 0 fully saturated rings. The Hall–Kier alpha value is -2.69. The Morgan fingerprint density at radius 1 is 1.16 bits per heavy atom. The summed E-state index contributed by atoms with van der Waals surface area (Å²) in [6, 6.07) is 10.3. The van der Waals surface area contributed by atoms with Crippen LogP contribution in [0.1, 0.15) is 10.4 Å². The lowest BCUT2D eigenvalue weighted by atomic mass is 10.0. The topological polar surface area (TPSA) is 69.4 Å². The minimum Gasteiger partial charge on any atom is -0.427 e. The van der Waals surface area contributed by atoms with E-state index in [2.05, 4.69) is 0 Å². The summed E-state index contributed by atoms with van der Waals surface area (Å²) in [6.07, 6.45) is 0. The molecular formula is C14H10FNO3. The van der Waals surface area contributed by atoms with Crippen LogP contribution in [0, 0.1) is 5.82 Å². The summed E-state index contributed by atoms with van der Waals surface area (Å²) in [5.41, 5.74) is 6.41. The minimum atomic E-state index is -0.708. The quantitative estimate of drug-likeness (QED) is 0.855. The van der Waals surface area contributed by atoms with Crippen LogP contribution in [0.4, 0.5) is 4.39 Å². The number of ether oxygens (including phenoxy) is 1. The van der Waals surface area contributed by atoms with Crippen molar-refractivity contribution in [2.45, 2.75) is 0 Å². The second kappa shape index (κ2) is 5.30. The van der Waals surface area contributed by atoms with Gasteiger partial charge >= 0.3 is 0 Å². The fourth-order valence-corrected chi connectivity index (χ4v) is 1.76. The fourth-order valence-electron chi connectivity index (χ4n) is 1.76. The molecule has 0 atom stereocenters. The number of hydrogen-bond donors (Lipinski definition) is 1. The lowest BCUT2D eigenvalue weighted by Crippen LogP contribution is -2.13. The van der Waals surface area contributed by atoms with Crippen LogP contribution in [0.25, 0.3) is 11.1 Å². The van der Waals surface area contributed by atoms with Crippen molar-refractivity contribution in [1.29, 1.82) is 0 Å². The second-order valence-corrected chi connectivity index (χ2v) is 3.77. The number of carbonyl (C=O) groups is 2. The van der Waals surface area contributed by atoms with Gasteiger partial charge in [0.1, 0.15) is 5.82 Å². The van der Waals surface area contributed by atoms with E-state index in [9.17, 15) is 14.0 Å². The average Bonchev–Trinajstić information content (AvgIpc) is 2.40. The highest BCUT2D eigenvalue weighted by atomic mass is 19.1. The molecule has 0 heterocycles. The highest BCUT2D eigenvalue weighted by molar-refractivity contribution is 5.98. The van der Waals surface area contributed by atoms with Crippen LogP contribution >= 0.6 is 0 Å². The van der Waals surface area contributed by atoms with Gasteiger partial charge in [-0.2, -0.15) is 0 Å². The molecule has 2 aromatic rings. The third-order valence-corrected chi connectivity index (χ3v) is 2.60. The molecule has 0 unspecified atom stereocenters. The number of para-hydroxylation sites is 1. The highest BCUT2D eigenvalue weighted by Crippen LogP contribution is 2.32. The van der Waals surface area contributed by atoms with E-state index in [-0.39, 0.29) is 23.6 Å². The summed E-state index contributed by atoms with van der Waals surface area (Å²) in [6.45, 7) is 0.217. The summed E-state index contributed by atoms with van der Waals surface area (Å²) in [7, 11) is 0. The van der Waals surface area contributed by atoms with Gasteiger partial charge in [0, 0.05) is 5.56 Å². The van der Waals surface area contributed by atoms with Gasteiger partial charge in [-0.1, -0.05) is 24.3 Å². The molecule has 5 heteroatoms. The normalized spacial score (nSPS) is 9.95. The number of rotatable bonds is 4. The van der Waals surface area contributed by atoms with Gasteiger partial charge in [-0.15, -0.1) is 0 Å². The molecule has 0 saturated heterocycles. The van der Waals surface area contributed by atoms with E-state index in [4.69, 9.17) is 10.5 Å². The second-order valence-electron chi connectivity index (χ2n) is 3.77. The van der Waals surface area contributed by atoms with Crippen LogP contribution in [0.2, 0.25) is 0 Å². The summed E-state index contributed by atoms with van der Waals surface area (Å²) >= 11 is 0. The number of nitrogens with two attached hydrogens (primary N) is 1. The zero-order valence-electron chi connectivity index (χ0n) is 9.80. The van der Waals surface area contributed by atoms with Gasteiger partial charge in [-0.25, -0.2) is 4.39 Å². The Balaban J connectivity index is 2.61. The third-order valence-electron chi connectivity index (χ3n) is 2.60. The van der Waals surface area contributed by atoms with Crippen molar-refractivity contribution in [2.24, 2.45) is 5.73 Å².